The lowest BCUT2D eigenvalue weighted by Gasteiger charge is -2.32. The van der Waals surface area contributed by atoms with Gasteiger partial charge in [0, 0.05) is 37.1 Å². The number of benzene rings is 1. The molecular formula is C18H19F3N4O3. The molecule has 150 valence electrons. The number of amides is 1. The summed E-state index contributed by atoms with van der Waals surface area (Å²) < 4.78 is 45.6. The summed E-state index contributed by atoms with van der Waals surface area (Å²) in [6, 6.07) is 5.04. The Morgan fingerprint density at radius 1 is 1.14 bits per heavy atom. The van der Waals surface area contributed by atoms with E-state index in [1.165, 1.54) is 25.4 Å². The van der Waals surface area contributed by atoms with E-state index in [1.807, 2.05) is 0 Å². The molecule has 0 unspecified atom stereocenters. The molecule has 28 heavy (non-hydrogen) atoms. The molecule has 0 aliphatic carbocycles. The fourth-order valence-electron chi connectivity index (χ4n) is 2.98. The Labute approximate surface area is 159 Å². The highest BCUT2D eigenvalue weighted by molar-refractivity contribution is 5.94. The van der Waals surface area contributed by atoms with Gasteiger partial charge in [-0.25, -0.2) is 9.97 Å². The zero-order valence-electron chi connectivity index (χ0n) is 15.1. The lowest BCUT2D eigenvalue weighted by atomic mass is 10.0. The van der Waals surface area contributed by atoms with Crippen molar-refractivity contribution in [3.8, 4) is 11.6 Å². The van der Waals surface area contributed by atoms with Gasteiger partial charge < -0.3 is 19.7 Å². The molecule has 2 aromatic rings. The van der Waals surface area contributed by atoms with Gasteiger partial charge in [0.05, 0.1) is 7.11 Å². The summed E-state index contributed by atoms with van der Waals surface area (Å²) in [5.41, 5.74) is 0.316. The van der Waals surface area contributed by atoms with Gasteiger partial charge in [0.2, 0.25) is 0 Å². The fraction of sp³-hybridized carbons (Fsp3) is 0.389. The minimum absolute atomic E-state index is 0.109. The van der Waals surface area contributed by atoms with Gasteiger partial charge >= 0.3 is 6.36 Å². The van der Waals surface area contributed by atoms with Crippen LogP contribution >= 0.6 is 0 Å². The third kappa shape index (κ3) is 5.02. The van der Waals surface area contributed by atoms with Crippen LogP contribution in [0.15, 0.2) is 36.7 Å². The molecule has 2 heterocycles. The van der Waals surface area contributed by atoms with Gasteiger partial charge in [0.15, 0.2) is 5.82 Å². The van der Waals surface area contributed by atoms with E-state index in [2.05, 4.69) is 20.0 Å². The lowest BCUT2D eigenvalue weighted by molar-refractivity contribution is -0.274. The van der Waals surface area contributed by atoms with Crippen LogP contribution in [0.1, 0.15) is 23.2 Å². The fourth-order valence-corrected chi connectivity index (χ4v) is 2.98. The first kappa shape index (κ1) is 19.7. The molecule has 1 aliphatic heterocycles. The van der Waals surface area contributed by atoms with E-state index in [0.29, 0.717) is 43.2 Å². The molecule has 7 nitrogen and oxygen atoms in total. The number of hydrogen-bond donors (Lipinski definition) is 1. The first-order valence-electron chi connectivity index (χ1n) is 8.62. The van der Waals surface area contributed by atoms with Crippen LogP contribution in [0.5, 0.6) is 11.6 Å². The number of anilines is 1. The van der Waals surface area contributed by atoms with Crippen molar-refractivity contribution < 1.29 is 27.4 Å². The Bertz CT molecular complexity index is 806. The van der Waals surface area contributed by atoms with Crippen LogP contribution in [0.25, 0.3) is 0 Å². The standard InChI is InChI=1S/C18H19F3N4O3/c1-27-16-15(22-8-9-23-16)24-13-6-10-25(11-7-13)17(26)12-2-4-14(5-3-12)28-18(19,20)21/h2-5,8-9,13H,6-7,10-11H2,1H3,(H,22,24). The van der Waals surface area contributed by atoms with Crippen LogP contribution in [-0.4, -0.2) is 53.4 Å². The van der Waals surface area contributed by atoms with Crippen LogP contribution in [0.2, 0.25) is 0 Å². The minimum atomic E-state index is -4.76. The number of nitrogens with one attached hydrogen (secondary N) is 1. The van der Waals surface area contributed by atoms with Gasteiger partial charge in [-0.1, -0.05) is 0 Å². The van der Waals surface area contributed by atoms with E-state index in [9.17, 15) is 18.0 Å². The van der Waals surface area contributed by atoms with Gasteiger partial charge in [0.1, 0.15) is 5.75 Å². The summed E-state index contributed by atoms with van der Waals surface area (Å²) in [4.78, 5) is 22.5. The summed E-state index contributed by atoms with van der Waals surface area (Å²) in [7, 11) is 1.52. The van der Waals surface area contributed by atoms with Crippen molar-refractivity contribution >= 4 is 11.7 Å². The number of rotatable bonds is 5. The highest BCUT2D eigenvalue weighted by Crippen LogP contribution is 2.25. The second-order valence-corrected chi connectivity index (χ2v) is 6.20. The smallest absolute Gasteiger partial charge is 0.478 e. The van der Waals surface area contributed by atoms with Crippen molar-refractivity contribution in [3.63, 3.8) is 0 Å². The lowest BCUT2D eigenvalue weighted by Crippen LogP contribution is -2.42. The number of nitrogens with zero attached hydrogens (tertiary/aromatic N) is 3. The third-order valence-electron chi connectivity index (χ3n) is 4.32. The average Bonchev–Trinajstić information content (AvgIpc) is 2.68. The van der Waals surface area contributed by atoms with E-state index in [-0.39, 0.29) is 17.7 Å². The maximum atomic E-state index is 12.6. The number of methoxy groups -OCH3 is 1. The zero-order chi connectivity index (χ0) is 20.1. The maximum Gasteiger partial charge on any atom is 0.573 e. The Morgan fingerprint density at radius 2 is 1.79 bits per heavy atom. The van der Waals surface area contributed by atoms with Crippen LogP contribution in [-0.2, 0) is 0 Å². The number of hydrogen-bond acceptors (Lipinski definition) is 6. The summed E-state index contributed by atoms with van der Waals surface area (Å²) in [5, 5.41) is 3.27. The van der Waals surface area contributed by atoms with Crippen molar-refractivity contribution in [2.24, 2.45) is 0 Å². The van der Waals surface area contributed by atoms with E-state index in [0.717, 1.165) is 12.1 Å². The Hall–Kier alpha value is -3.04. The van der Waals surface area contributed by atoms with E-state index < -0.39 is 6.36 Å². The van der Waals surface area contributed by atoms with Crippen molar-refractivity contribution in [3.05, 3.63) is 42.2 Å². The molecular weight excluding hydrogens is 377 g/mol. The predicted molar refractivity (Wildman–Crippen MR) is 94.3 cm³/mol. The monoisotopic (exact) mass is 396 g/mol. The number of aromatic nitrogens is 2. The SMILES string of the molecule is COc1nccnc1NC1CCN(C(=O)c2ccc(OC(F)(F)F)cc2)CC1. The molecule has 0 bridgehead atoms. The topological polar surface area (TPSA) is 76.6 Å². The van der Waals surface area contributed by atoms with Gasteiger partial charge in [-0.05, 0) is 37.1 Å². The number of carbonyl (C=O) groups is 1. The molecule has 1 fully saturated rings. The molecule has 0 radical (unpaired) electrons. The maximum absolute atomic E-state index is 12.6. The quantitative estimate of drug-likeness (QED) is 0.837. The number of likely N-dealkylation sites (tertiary alicyclic amines) is 1. The van der Waals surface area contributed by atoms with Gasteiger partial charge in [0.25, 0.3) is 11.8 Å². The summed E-state index contributed by atoms with van der Waals surface area (Å²) in [6.07, 6.45) is -0.264. The van der Waals surface area contributed by atoms with Crippen molar-refractivity contribution in [2.75, 3.05) is 25.5 Å². The molecule has 10 heteroatoms. The zero-order valence-corrected chi connectivity index (χ0v) is 15.1. The van der Waals surface area contributed by atoms with Crippen LogP contribution in [0.3, 0.4) is 0 Å². The minimum Gasteiger partial charge on any atom is -0.478 e. The van der Waals surface area contributed by atoms with Crippen LogP contribution < -0.4 is 14.8 Å². The van der Waals surface area contributed by atoms with E-state index >= 15 is 0 Å². The number of piperidine rings is 1. The largest absolute Gasteiger partial charge is 0.573 e. The normalized spacial score (nSPS) is 15.2. The summed E-state index contributed by atoms with van der Waals surface area (Å²) >= 11 is 0. The molecule has 0 spiro atoms. The third-order valence-corrected chi connectivity index (χ3v) is 4.32. The Kier molecular flexibility index (Phi) is 5.86. The van der Waals surface area contributed by atoms with Crippen molar-refractivity contribution in [1.29, 1.82) is 0 Å². The summed E-state index contributed by atoms with van der Waals surface area (Å²) in [5.74, 6) is 0.371. The Balaban J connectivity index is 1.55. The summed E-state index contributed by atoms with van der Waals surface area (Å²) in [6.45, 7) is 1.03. The first-order chi connectivity index (χ1) is 13.4. The number of alkyl halides is 3. The van der Waals surface area contributed by atoms with Gasteiger partial charge in [-0.3, -0.25) is 4.79 Å². The second-order valence-electron chi connectivity index (χ2n) is 6.20. The molecule has 1 saturated heterocycles. The number of carbonyl (C=O) groups excluding carboxylic acids is 1. The molecule has 1 aromatic carbocycles. The first-order valence-corrected chi connectivity index (χ1v) is 8.62. The molecule has 1 N–H and O–H groups in total. The van der Waals surface area contributed by atoms with Gasteiger partial charge in [-0.2, -0.15) is 0 Å². The van der Waals surface area contributed by atoms with Gasteiger partial charge in [-0.15, -0.1) is 13.2 Å². The van der Waals surface area contributed by atoms with Crippen molar-refractivity contribution in [2.45, 2.75) is 25.2 Å². The number of halogens is 3. The van der Waals surface area contributed by atoms with E-state index in [4.69, 9.17) is 4.74 Å². The highest BCUT2D eigenvalue weighted by Gasteiger charge is 2.31. The van der Waals surface area contributed by atoms with E-state index in [1.54, 1.807) is 11.1 Å². The molecule has 1 aromatic heterocycles. The highest BCUT2D eigenvalue weighted by atomic mass is 19.4. The van der Waals surface area contributed by atoms with Crippen molar-refractivity contribution in [1.82, 2.24) is 14.9 Å². The average molecular weight is 396 g/mol. The molecule has 0 saturated carbocycles. The predicted octanol–water partition coefficient (Wildman–Crippen LogP) is 3.10. The Morgan fingerprint density at radius 3 is 2.39 bits per heavy atom. The second kappa shape index (κ2) is 8.32. The molecule has 0 atom stereocenters. The molecule has 1 amide bonds. The molecule has 3 rings (SSSR count). The number of ether oxygens (including phenoxy) is 2. The van der Waals surface area contributed by atoms with Crippen LogP contribution in [0, 0.1) is 0 Å². The van der Waals surface area contributed by atoms with Crippen LogP contribution in [0.4, 0.5) is 19.0 Å². The molecule has 1 aliphatic rings.